The molecule has 0 saturated carbocycles. The Kier molecular flexibility index (Phi) is 5.02. The van der Waals surface area contributed by atoms with Crippen molar-refractivity contribution < 1.29 is 4.74 Å². The second-order valence-corrected chi connectivity index (χ2v) is 4.31. The second kappa shape index (κ2) is 6.30. The van der Waals surface area contributed by atoms with E-state index in [9.17, 15) is 0 Å². The molecule has 0 saturated heterocycles. The van der Waals surface area contributed by atoms with Gasteiger partial charge in [0.05, 0.1) is 6.10 Å². The normalized spacial score (nSPS) is 12.6. The molecule has 16 heavy (non-hydrogen) atoms. The molecule has 4 heteroatoms. The van der Waals surface area contributed by atoms with E-state index in [0.717, 1.165) is 13.0 Å². The first kappa shape index (κ1) is 12.7. The zero-order valence-electron chi connectivity index (χ0n) is 10.5. The number of hydrogen-bond donors (Lipinski definition) is 1. The van der Waals surface area contributed by atoms with E-state index in [4.69, 9.17) is 4.74 Å². The number of aromatic nitrogens is 2. The van der Waals surface area contributed by atoms with E-state index in [2.05, 4.69) is 36.1 Å². The molecule has 0 aliphatic rings. The molecule has 0 radical (unpaired) electrons. The van der Waals surface area contributed by atoms with Crippen LogP contribution in [-0.2, 0) is 0 Å². The fourth-order valence-electron chi connectivity index (χ4n) is 1.57. The summed E-state index contributed by atoms with van der Waals surface area (Å²) in [5, 5.41) is 3.06. The molecule has 1 N–H and O–H groups in total. The van der Waals surface area contributed by atoms with Crippen molar-refractivity contribution in [3.05, 3.63) is 12.3 Å². The van der Waals surface area contributed by atoms with E-state index in [1.54, 1.807) is 12.3 Å². The largest absolute Gasteiger partial charge is 0.475 e. The molecule has 0 spiro atoms. The monoisotopic (exact) mass is 223 g/mol. The van der Waals surface area contributed by atoms with Gasteiger partial charge in [-0.2, -0.15) is 4.98 Å². The maximum Gasteiger partial charge on any atom is 0.225 e. The molecule has 1 heterocycles. The Morgan fingerprint density at radius 3 is 2.75 bits per heavy atom. The van der Waals surface area contributed by atoms with Crippen LogP contribution in [0.3, 0.4) is 0 Å². The van der Waals surface area contributed by atoms with E-state index in [1.807, 2.05) is 6.92 Å². The Hall–Kier alpha value is -1.32. The van der Waals surface area contributed by atoms with Gasteiger partial charge in [-0.15, -0.1) is 0 Å². The minimum Gasteiger partial charge on any atom is -0.475 e. The van der Waals surface area contributed by atoms with Crippen LogP contribution in [0.2, 0.25) is 0 Å². The van der Waals surface area contributed by atoms with Gasteiger partial charge in [-0.1, -0.05) is 13.8 Å². The zero-order valence-corrected chi connectivity index (χ0v) is 10.5. The highest BCUT2D eigenvalue weighted by Gasteiger charge is 2.08. The molecular weight excluding hydrogens is 202 g/mol. The van der Waals surface area contributed by atoms with Gasteiger partial charge in [0.2, 0.25) is 11.8 Å². The molecule has 0 aliphatic carbocycles. The van der Waals surface area contributed by atoms with Gasteiger partial charge >= 0.3 is 0 Å². The highest BCUT2D eigenvalue weighted by molar-refractivity contribution is 5.26. The standard InChI is InChI=1S/C12H21N3O/c1-5-13-12-14-7-6-11(15-12)16-10(4)8-9(2)3/h6-7,9-10H,5,8H2,1-4H3,(H,13,14,15). The van der Waals surface area contributed by atoms with Crippen molar-refractivity contribution >= 4 is 5.95 Å². The van der Waals surface area contributed by atoms with Crippen molar-refractivity contribution in [1.29, 1.82) is 0 Å². The highest BCUT2D eigenvalue weighted by atomic mass is 16.5. The molecule has 1 aromatic rings. The number of nitrogens with zero attached hydrogens (tertiary/aromatic N) is 2. The lowest BCUT2D eigenvalue weighted by Gasteiger charge is -2.15. The Labute approximate surface area is 97.5 Å². The van der Waals surface area contributed by atoms with Crippen molar-refractivity contribution in [2.45, 2.75) is 40.2 Å². The van der Waals surface area contributed by atoms with E-state index in [1.165, 1.54) is 0 Å². The van der Waals surface area contributed by atoms with Crippen LogP contribution in [0.1, 0.15) is 34.1 Å². The summed E-state index contributed by atoms with van der Waals surface area (Å²) in [4.78, 5) is 8.36. The molecule has 1 atom stereocenters. The third-order valence-corrected chi connectivity index (χ3v) is 2.09. The lowest BCUT2D eigenvalue weighted by molar-refractivity contribution is 0.185. The van der Waals surface area contributed by atoms with E-state index in [0.29, 0.717) is 17.7 Å². The molecule has 1 rings (SSSR count). The first-order chi connectivity index (χ1) is 7.61. The molecule has 1 aromatic heterocycles. The van der Waals surface area contributed by atoms with Gasteiger partial charge in [0.15, 0.2) is 0 Å². The fraction of sp³-hybridized carbons (Fsp3) is 0.667. The number of rotatable bonds is 6. The average molecular weight is 223 g/mol. The minimum absolute atomic E-state index is 0.185. The zero-order chi connectivity index (χ0) is 12.0. The van der Waals surface area contributed by atoms with Crippen LogP contribution in [0.4, 0.5) is 5.95 Å². The Bertz CT molecular complexity index is 315. The maximum absolute atomic E-state index is 5.72. The summed E-state index contributed by atoms with van der Waals surface area (Å²) in [7, 11) is 0. The predicted molar refractivity (Wildman–Crippen MR) is 65.7 cm³/mol. The van der Waals surface area contributed by atoms with Gasteiger partial charge in [0, 0.05) is 18.8 Å². The van der Waals surface area contributed by atoms with Gasteiger partial charge in [0.1, 0.15) is 0 Å². The quantitative estimate of drug-likeness (QED) is 0.805. The van der Waals surface area contributed by atoms with Crippen LogP contribution in [0.15, 0.2) is 12.3 Å². The van der Waals surface area contributed by atoms with Crippen LogP contribution in [0.5, 0.6) is 5.88 Å². The lowest BCUT2D eigenvalue weighted by Crippen LogP contribution is -2.15. The van der Waals surface area contributed by atoms with Crippen molar-refractivity contribution in [3.63, 3.8) is 0 Å². The summed E-state index contributed by atoms with van der Waals surface area (Å²) in [6.45, 7) is 9.26. The first-order valence-electron chi connectivity index (χ1n) is 5.85. The second-order valence-electron chi connectivity index (χ2n) is 4.31. The summed E-state index contributed by atoms with van der Waals surface area (Å²) in [5.74, 6) is 1.89. The molecular formula is C12H21N3O. The Morgan fingerprint density at radius 1 is 1.38 bits per heavy atom. The average Bonchev–Trinajstić information content (AvgIpc) is 2.17. The van der Waals surface area contributed by atoms with Crippen LogP contribution in [0.25, 0.3) is 0 Å². The van der Waals surface area contributed by atoms with Crippen molar-refractivity contribution in [2.75, 3.05) is 11.9 Å². The third-order valence-electron chi connectivity index (χ3n) is 2.09. The SMILES string of the molecule is CCNc1nccc(OC(C)CC(C)C)n1. The molecule has 0 aliphatic heterocycles. The summed E-state index contributed by atoms with van der Waals surface area (Å²) in [6, 6.07) is 1.79. The maximum atomic E-state index is 5.72. The van der Waals surface area contributed by atoms with E-state index < -0.39 is 0 Å². The molecule has 1 unspecified atom stereocenters. The molecule has 0 amide bonds. The first-order valence-corrected chi connectivity index (χ1v) is 5.85. The summed E-state index contributed by atoms with van der Waals surface area (Å²) < 4.78 is 5.72. The fourth-order valence-corrected chi connectivity index (χ4v) is 1.57. The third kappa shape index (κ3) is 4.47. The van der Waals surface area contributed by atoms with Crippen molar-refractivity contribution in [1.82, 2.24) is 9.97 Å². The number of ether oxygens (including phenoxy) is 1. The molecule has 0 bridgehead atoms. The summed E-state index contributed by atoms with van der Waals surface area (Å²) in [6.07, 6.45) is 2.92. The van der Waals surface area contributed by atoms with Gasteiger partial charge < -0.3 is 10.1 Å². The van der Waals surface area contributed by atoms with E-state index in [-0.39, 0.29) is 6.10 Å². The molecule has 4 nitrogen and oxygen atoms in total. The molecule has 0 aromatic carbocycles. The van der Waals surface area contributed by atoms with Crippen molar-refractivity contribution in [2.24, 2.45) is 5.92 Å². The summed E-state index contributed by atoms with van der Waals surface area (Å²) in [5.41, 5.74) is 0. The van der Waals surface area contributed by atoms with Crippen LogP contribution in [0, 0.1) is 5.92 Å². The predicted octanol–water partition coefficient (Wildman–Crippen LogP) is 2.72. The van der Waals surface area contributed by atoms with Gasteiger partial charge in [0.25, 0.3) is 0 Å². The van der Waals surface area contributed by atoms with E-state index >= 15 is 0 Å². The highest BCUT2D eigenvalue weighted by Crippen LogP contribution is 2.14. The van der Waals surface area contributed by atoms with Crippen LogP contribution < -0.4 is 10.1 Å². The number of anilines is 1. The van der Waals surface area contributed by atoms with Gasteiger partial charge in [-0.25, -0.2) is 4.98 Å². The number of hydrogen-bond acceptors (Lipinski definition) is 4. The lowest BCUT2D eigenvalue weighted by atomic mass is 10.1. The minimum atomic E-state index is 0.185. The van der Waals surface area contributed by atoms with Gasteiger partial charge in [-0.05, 0) is 26.2 Å². The molecule has 90 valence electrons. The van der Waals surface area contributed by atoms with Crippen molar-refractivity contribution in [3.8, 4) is 5.88 Å². The topological polar surface area (TPSA) is 47.0 Å². The van der Waals surface area contributed by atoms with Crippen LogP contribution in [-0.4, -0.2) is 22.6 Å². The van der Waals surface area contributed by atoms with Gasteiger partial charge in [-0.3, -0.25) is 0 Å². The summed E-state index contributed by atoms with van der Waals surface area (Å²) >= 11 is 0. The molecule has 0 fully saturated rings. The van der Waals surface area contributed by atoms with Crippen LogP contribution >= 0.6 is 0 Å². The smallest absolute Gasteiger partial charge is 0.225 e. The Balaban J connectivity index is 2.55. The number of nitrogens with one attached hydrogen (secondary N) is 1. The Morgan fingerprint density at radius 2 is 2.12 bits per heavy atom.